The van der Waals surface area contributed by atoms with E-state index in [-0.39, 0.29) is 5.56 Å². The quantitative estimate of drug-likeness (QED) is 0.588. The predicted molar refractivity (Wildman–Crippen MR) is 62.5 cm³/mol. The Morgan fingerprint density at radius 2 is 2.11 bits per heavy atom. The highest BCUT2D eigenvalue weighted by atomic mass is 32.2. The van der Waals surface area contributed by atoms with Gasteiger partial charge in [-0.15, -0.1) is 0 Å². The van der Waals surface area contributed by atoms with Crippen molar-refractivity contribution in [3.63, 3.8) is 0 Å². The molecule has 1 rings (SSSR count). The molecule has 8 nitrogen and oxygen atoms in total. The largest absolute Gasteiger partial charge is 0.352 e. The molecular formula is C9H11N3O5S. The summed E-state index contributed by atoms with van der Waals surface area (Å²) < 4.78 is 22.5. The summed E-state index contributed by atoms with van der Waals surface area (Å²) in [5, 5.41) is 18.0. The van der Waals surface area contributed by atoms with Crippen LogP contribution >= 0.6 is 0 Å². The third kappa shape index (κ3) is 3.02. The molecule has 0 fully saturated rings. The summed E-state index contributed by atoms with van der Waals surface area (Å²) in [6, 6.07) is 2.99. The van der Waals surface area contributed by atoms with E-state index in [9.17, 15) is 23.3 Å². The van der Waals surface area contributed by atoms with Crippen LogP contribution in [0.2, 0.25) is 0 Å². The van der Waals surface area contributed by atoms with Crippen LogP contribution in [-0.2, 0) is 10.0 Å². The average molecular weight is 273 g/mol. The van der Waals surface area contributed by atoms with Gasteiger partial charge >= 0.3 is 0 Å². The molecular weight excluding hydrogens is 262 g/mol. The summed E-state index contributed by atoms with van der Waals surface area (Å²) in [5.74, 6) is -0.530. The summed E-state index contributed by atoms with van der Waals surface area (Å²) in [7, 11) is -4.27. The topological polar surface area (TPSA) is 132 Å². The van der Waals surface area contributed by atoms with Gasteiger partial charge in [-0.3, -0.25) is 14.9 Å². The van der Waals surface area contributed by atoms with Gasteiger partial charge in [-0.2, -0.15) is 0 Å². The van der Waals surface area contributed by atoms with Crippen molar-refractivity contribution in [2.24, 2.45) is 5.14 Å². The van der Waals surface area contributed by atoms with Crippen molar-refractivity contribution in [1.82, 2.24) is 5.32 Å². The molecule has 9 heteroatoms. The van der Waals surface area contributed by atoms with Crippen LogP contribution in [0.4, 0.5) is 5.69 Å². The number of nitrogens with one attached hydrogen (secondary N) is 1. The minimum atomic E-state index is -4.27. The minimum Gasteiger partial charge on any atom is -0.352 e. The Bertz CT molecular complexity index is 596. The van der Waals surface area contributed by atoms with Crippen molar-refractivity contribution < 1.29 is 18.1 Å². The maximum absolute atomic E-state index is 11.5. The number of rotatable bonds is 4. The smallest absolute Gasteiger partial charge is 0.289 e. The Morgan fingerprint density at radius 3 is 2.56 bits per heavy atom. The van der Waals surface area contributed by atoms with Crippen molar-refractivity contribution >= 4 is 21.6 Å². The lowest BCUT2D eigenvalue weighted by molar-refractivity contribution is -0.387. The van der Waals surface area contributed by atoms with E-state index in [0.717, 1.165) is 18.2 Å². The lowest BCUT2D eigenvalue weighted by Crippen LogP contribution is -2.23. The molecule has 0 heterocycles. The van der Waals surface area contributed by atoms with E-state index in [1.807, 2.05) is 0 Å². The highest BCUT2D eigenvalue weighted by molar-refractivity contribution is 7.89. The van der Waals surface area contributed by atoms with Crippen LogP contribution < -0.4 is 10.5 Å². The van der Waals surface area contributed by atoms with E-state index in [1.54, 1.807) is 6.92 Å². The van der Waals surface area contributed by atoms with Crippen LogP contribution in [0, 0.1) is 10.1 Å². The zero-order valence-corrected chi connectivity index (χ0v) is 10.2. The van der Waals surface area contributed by atoms with E-state index < -0.39 is 31.4 Å². The third-order valence-corrected chi connectivity index (χ3v) is 3.00. The fraction of sp³-hybridized carbons (Fsp3) is 0.222. The van der Waals surface area contributed by atoms with Crippen molar-refractivity contribution in [1.29, 1.82) is 0 Å². The predicted octanol–water partition coefficient (Wildman–Crippen LogP) is -0.00810. The van der Waals surface area contributed by atoms with Crippen molar-refractivity contribution in [3.05, 3.63) is 33.9 Å². The Labute approximate surface area is 103 Å². The fourth-order valence-corrected chi connectivity index (χ4v) is 2.02. The molecule has 0 unspecified atom stereocenters. The van der Waals surface area contributed by atoms with E-state index in [4.69, 9.17) is 5.14 Å². The first-order chi connectivity index (χ1) is 8.27. The van der Waals surface area contributed by atoms with Crippen LogP contribution in [0.15, 0.2) is 23.1 Å². The van der Waals surface area contributed by atoms with E-state index in [0.29, 0.717) is 6.54 Å². The number of carbonyl (C=O) groups excluding carboxylic acids is 1. The molecule has 1 aromatic rings. The van der Waals surface area contributed by atoms with E-state index >= 15 is 0 Å². The first kappa shape index (κ1) is 14.1. The molecule has 0 atom stereocenters. The Hall–Kier alpha value is -2.00. The number of sulfonamides is 1. The third-order valence-electron chi connectivity index (χ3n) is 2.06. The van der Waals surface area contributed by atoms with Gasteiger partial charge in [-0.25, -0.2) is 13.6 Å². The molecule has 1 aromatic carbocycles. The highest BCUT2D eigenvalue weighted by Gasteiger charge is 2.24. The molecule has 0 spiro atoms. The number of nitrogens with zero attached hydrogens (tertiary/aromatic N) is 1. The van der Waals surface area contributed by atoms with Gasteiger partial charge in [-0.1, -0.05) is 0 Å². The standard InChI is InChI=1S/C9H11N3O5S/c1-2-11-9(13)6-3-4-7(12(14)15)8(5-6)18(10,16)17/h3-5H,2H2,1H3,(H,11,13)(H2,10,16,17). The maximum atomic E-state index is 11.5. The number of primary sulfonamides is 1. The lowest BCUT2D eigenvalue weighted by Gasteiger charge is -2.05. The number of benzene rings is 1. The lowest BCUT2D eigenvalue weighted by atomic mass is 10.2. The molecule has 0 aliphatic carbocycles. The molecule has 0 aliphatic heterocycles. The van der Waals surface area contributed by atoms with Gasteiger partial charge in [-0.05, 0) is 19.1 Å². The molecule has 0 saturated carbocycles. The number of hydrogen-bond acceptors (Lipinski definition) is 5. The van der Waals surface area contributed by atoms with Crippen molar-refractivity contribution in [2.45, 2.75) is 11.8 Å². The normalized spacial score (nSPS) is 11.0. The molecule has 98 valence electrons. The summed E-state index contributed by atoms with van der Waals surface area (Å²) >= 11 is 0. The number of nitrogens with two attached hydrogens (primary N) is 1. The van der Waals surface area contributed by atoms with Crippen LogP contribution in [0.5, 0.6) is 0 Å². The first-order valence-electron chi connectivity index (χ1n) is 4.86. The Morgan fingerprint density at radius 1 is 1.50 bits per heavy atom. The monoisotopic (exact) mass is 273 g/mol. The molecule has 3 N–H and O–H groups in total. The molecule has 0 radical (unpaired) electrons. The van der Waals surface area contributed by atoms with Gasteiger partial charge < -0.3 is 5.32 Å². The fourth-order valence-electron chi connectivity index (χ4n) is 1.30. The molecule has 0 saturated heterocycles. The number of amides is 1. The summed E-state index contributed by atoms with van der Waals surface area (Å²) in [5.41, 5.74) is -0.669. The van der Waals surface area contributed by atoms with Gasteiger partial charge in [0.15, 0.2) is 4.90 Å². The molecule has 0 aromatic heterocycles. The van der Waals surface area contributed by atoms with Crippen molar-refractivity contribution in [2.75, 3.05) is 6.54 Å². The molecule has 18 heavy (non-hydrogen) atoms. The Balaban J connectivity index is 3.40. The second-order valence-electron chi connectivity index (χ2n) is 3.34. The summed E-state index contributed by atoms with van der Waals surface area (Å²) in [6.07, 6.45) is 0. The second kappa shape index (κ2) is 5.10. The van der Waals surface area contributed by atoms with Crippen molar-refractivity contribution in [3.8, 4) is 0 Å². The van der Waals surface area contributed by atoms with Gasteiger partial charge in [0.25, 0.3) is 11.6 Å². The summed E-state index contributed by atoms with van der Waals surface area (Å²) in [6.45, 7) is 2.03. The minimum absolute atomic E-state index is 0.00789. The van der Waals surface area contributed by atoms with Crippen LogP contribution in [0.25, 0.3) is 0 Å². The van der Waals surface area contributed by atoms with Gasteiger partial charge in [0.2, 0.25) is 10.0 Å². The van der Waals surface area contributed by atoms with E-state index in [1.165, 1.54) is 0 Å². The zero-order valence-electron chi connectivity index (χ0n) is 9.41. The maximum Gasteiger partial charge on any atom is 0.289 e. The molecule has 1 amide bonds. The number of carbonyl (C=O) groups is 1. The zero-order chi connectivity index (χ0) is 13.9. The number of nitro benzene ring substituents is 1. The Kier molecular flexibility index (Phi) is 3.99. The second-order valence-corrected chi connectivity index (χ2v) is 4.87. The SMILES string of the molecule is CCNC(=O)c1ccc([N+](=O)[O-])c(S(N)(=O)=O)c1. The average Bonchev–Trinajstić information content (AvgIpc) is 2.27. The van der Waals surface area contributed by atoms with Gasteiger partial charge in [0.1, 0.15) is 0 Å². The van der Waals surface area contributed by atoms with Crippen LogP contribution in [0.1, 0.15) is 17.3 Å². The first-order valence-corrected chi connectivity index (χ1v) is 6.41. The van der Waals surface area contributed by atoms with Crippen LogP contribution in [-0.4, -0.2) is 25.8 Å². The number of hydrogen-bond donors (Lipinski definition) is 2. The number of nitro groups is 1. The van der Waals surface area contributed by atoms with E-state index in [2.05, 4.69) is 5.32 Å². The molecule has 0 aliphatic rings. The van der Waals surface area contributed by atoms with Gasteiger partial charge in [0, 0.05) is 18.2 Å². The van der Waals surface area contributed by atoms with Crippen LogP contribution in [0.3, 0.4) is 0 Å². The summed E-state index contributed by atoms with van der Waals surface area (Å²) in [4.78, 5) is 20.6. The molecule has 0 bridgehead atoms. The highest BCUT2D eigenvalue weighted by Crippen LogP contribution is 2.23. The van der Waals surface area contributed by atoms with Gasteiger partial charge in [0.05, 0.1) is 4.92 Å².